The van der Waals surface area contributed by atoms with Crippen LogP contribution < -0.4 is 0 Å². The molecular formula is C15H31NO2. The molecule has 1 aliphatic rings. The van der Waals surface area contributed by atoms with Gasteiger partial charge in [-0.05, 0) is 38.8 Å². The first kappa shape index (κ1) is 15.9. The fraction of sp³-hybridized carbons (Fsp3) is 1.00. The lowest BCUT2D eigenvalue weighted by atomic mass is 9.82. The Bertz CT molecular complexity index is 195. The van der Waals surface area contributed by atoms with Gasteiger partial charge in [-0.15, -0.1) is 0 Å². The van der Waals surface area contributed by atoms with Gasteiger partial charge in [-0.25, -0.2) is 0 Å². The molecule has 3 nitrogen and oxygen atoms in total. The normalized spacial score (nSPS) is 24.7. The predicted molar refractivity (Wildman–Crippen MR) is 75.8 cm³/mol. The van der Waals surface area contributed by atoms with Crippen LogP contribution in [0.15, 0.2) is 0 Å². The molecule has 0 aliphatic carbocycles. The highest BCUT2D eigenvalue weighted by Crippen LogP contribution is 2.29. The molecule has 3 heteroatoms. The van der Waals surface area contributed by atoms with Crippen molar-refractivity contribution in [2.75, 3.05) is 39.5 Å². The molecule has 0 spiro atoms. The van der Waals surface area contributed by atoms with E-state index in [0.29, 0.717) is 0 Å². The maximum atomic E-state index is 9.73. The van der Waals surface area contributed by atoms with Gasteiger partial charge >= 0.3 is 0 Å². The number of hydrogen-bond acceptors (Lipinski definition) is 3. The van der Waals surface area contributed by atoms with Crippen LogP contribution in [0, 0.1) is 5.41 Å². The van der Waals surface area contributed by atoms with Crippen LogP contribution in [0.5, 0.6) is 0 Å². The van der Waals surface area contributed by atoms with Crippen molar-refractivity contribution in [3.63, 3.8) is 0 Å². The van der Waals surface area contributed by atoms with Crippen molar-refractivity contribution < 1.29 is 9.84 Å². The number of ether oxygens (including phenoxy) is 1. The van der Waals surface area contributed by atoms with E-state index in [9.17, 15) is 5.11 Å². The first-order chi connectivity index (χ1) is 8.76. The number of rotatable bonds is 9. The Labute approximate surface area is 113 Å². The Morgan fingerprint density at radius 1 is 1.17 bits per heavy atom. The molecule has 1 fully saturated rings. The Morgan fingerprint density at radius 3 is 2.28 bits per heavy atom. The molecule has 1 atom stereocenters. The van der Waals surface area contributed by atoms with Crippen molar-refractivity contribution >= 4 is 0 Å². The standard InChI is InChI=1S/C15H31NO2/c1-3-5-9-16(10-6-4-2)12-15(13-17)8-7-11-18-14-15/h17H,3-14H2,1-2H3. The smallest absolute Gasteiger partial charge is 0.0556 e. The van der Waals surface area contributed by atoms with Crippen LogP contribution in [0.3, 0.4) is 0 Å². The van der Waals surface area contributed by atoms with Gasteiger partial charge in [-0.1, -0.05) is 26.7 Å². The highest BCUT2D eigenvalue weighted by Gasteiger charge is 2.33. The summed E-state index contributed by atoms with van der Waals surface area (Å²) in [6.07, 6.45) is 7.20. The Kier molecular flexibility index (Phi) is 7.87. The summed E-state index contributed by atoms with van der Waals surface area (Å²) in [5.41, 5.74) is -0.000265. The zero-order chi connectivity index (χ0) is 13.3. The highest BCUT2D eigenvalue weighted by atomic mass is 16.5. The van der Waals surface area contributed by atoms with Gasteiger partial charge < -0.3 is 14.7 Å². The van der Waals surface area contributed by atoms with E-state index in [1.165, 1.54) is 25.7 Å². The summed E-state index contributed by atoms with van der Waals surface area (Å²) in [4.78, 5) is 2.54. The molecule has 18 heavy (non-hydrogen) atoms. The second-order valence-electron chi connectivity index (χ2n) is 5.80. The lowest BCUT2D eigenvalue weighted by molar-refractivity contribution is -0.0555. The maximum Gasteiger partial charge on any atom is 0.0556 e. The number of hydrogen-bond donors (Lipinski definition) is 1. The van der Waals surface area contributed by atoms with Crippen LogP contribution in [0.25, 0.3) is 0 Å². The second-order valence-corrected chi connectivity index (χ2v) is 5.80. The molecule has 1 saturated heterocycles. The van der Waals surface area contributed by atoms with Crippen molar-refractivity contribution in [1.29, 1.82) is 0 Å². The van der Waals surface area contributed by atoms with E-state index < -0.39 is 0 Å². The topological polar surface area (TPSA) is 32.7 Å². The van der Waals surface area contributed by atoms with Gasteiger partial charge in [-0.2, -0.15) is 0 Å². The fourth-order valence-electron chi connectivity index (χ4n) is 2.72. The maximum absolute atomic E-state index is 9.73. The zero-order valence-corrected chi connectivity index (χ0v) is 12.3. The summed E-state index contributed by atoms with van der Waals surface area (Å²) in [6, 6.07) is 0. The summed E-state index contributed by atoms with van der Waals surface area (Å²) in [5.74, 6) is 0. The van der Waals surface area contributed by atoms with Crippen LogP contribution in [0.2, 0.25) is 0 Å². The average Bonchev–Trinajstić information content (AvgIpc) is 2.43. The van der Waals surface area contributed by atoms with Crippen LogP contribution in [0.4, 0.5) is 0 Å². The number of nitrogens with zero attached hydrogens (tertiary/aromatic N) is 1. The van der Waals surface area contributed by atoms with Crippen LogP contribution in [-0.2, 0) is 4.74 Å². The third kappa shape index (κ3) is 5.25. The van der Waals surface area contributed by atoms with E-state index >= 15 is 0 Å². The SMILES string of the molecule is CCCCN(CCCC)CC1(CO)CCCOC1. The minimum absolute atomic E-state index is 0.000265. The molecule has 0 radical (unpaired) electrons. The predicted octanol–water partition coefficient (Wildman–Crippen LogP) is 2.68. The summed E-state index contributed by atoms with van der Waals surface area (Å²) >= 11 is 0. The van der Waals surface area contributed by atoms with Gasteiger partial charge in [0.25, 0.3) is 0 Å². The Hall–Kier alpha value is -0.120. The Balaban J connectivity index is 2.49. The molecule has 0 amide bonds. The molecule has 1 aliphatic heterocycles. The molecule has 0 aromatic rings. The minimum atomic E-state index is -0.000265. The third-order valence-electron chi connectivity index (χ3n) is 3.95. The molecule has 0 aromatic carbocycles. The summed E-state index contributed by atoms with van der Waals surface area (Å²) in [6.45, 7) is 9.68. The van der Waals surface area contributed by atoms with Crippen LogP contribution in [0.1, 0.15) is 52.4 Å². The first-order valence-electron chi connectivity index (χ1n) is 7.67. The van der Waals surface area contributed by atoms with Gasteiger partial charge in [0, 0.05) is 18.6 Å². The molecule has 1 heterocycles. The van der Waals surface area contributed by atoms with Crippen molar-refractivity contribution in [1.82, 2.24) is 4.90 Å². The van der Waals surface area contributed by atoms with Crippen LogP contribution in [-0.4, -0.2) is 49.5 Å². The van der Waals surface area contributed by atoms with Gasteiger partial charge in [0.05, 0.1) is 13.2 Å². The second kappa shape index (κ2) is 8.89. The third-order valence-corrected chi connectivity index (χ3v) is 3.95. The minimum Gasteiger partial charge on any atom is -0.396 e. The van der Waals surface area contributed by atoms with E-state index in [4.69, 9.17) is 4.74 Å². The largest absolute Gasteiger partial charge is 0.396 e. The van der Waals surface area contributed by atoms with Crippen molar-refractivity contribution in [3.8, 4) is 0 Å². The lowest BCUT2D eigenvalue weighted by Crippen LogP contribution is -2.46. The average molecular weight is 257 g/mol. The van der Waals surface area contributed by atoms with E-state index in [-0.39, 0.29) is 12.0 Å². The van der Waals surface area contributed by atoms with Gasteiger partial charge in [0.1, 0.15) is 0 Å². The van der Waals surface area contributed by atoms with Crippen LogP contribution >= 0.6 is 0 Å². The van der Waals surface area contributed by atoms with Crippen molar-refractivity contribution in [2.45, 2.75) is 52.4 Å². The highest BCUT2D eigenvalue weighted by molar-refractivity contribution is 4.84. The lowest BCUT2D eigenvalue weighted by Gasteiger charge is -2.39. The van der Waals surface area contributed by atoms with Gasteiger partial charge in [-0.3, -0.25) is 0 Å². The van der Waals surface area contributed by atoms with E-state index in [2.05, 4.69) is 18.7 Å². The molecule has 0 saturated carbocycles. The molecule has 1 N–H and O–H groups in total. The van der Waals surface area contributed by atoms with Crippen molar-refractivity contribution in [2.24, 2.45) is 5.41 Å². The summed E-state index contributed by atoms with van der Waals surface area (Å²) in [5, 5.41) is 9.73. The van der Waals surface area contributed by atoms with E-state index in [1.807, 2.05) is 0 Å². The zero-order valence-electron chi connectivity index (χ0n) is 12.3. The summed E-state index contributed by atoms with van der Waals surface area (Å²) in [7, 11) is 0. The monoisotopic (exact) mass is 257 g/mol. The first-order valence-corrected chi connectivity index (χ1v) is 7.67. The number of aliphatic hydroxyl groups excluding tert-OH is 1. The van der Waals surface area contributed by atoms with E-state index in [1.54, 1.807) is 0 Å². The molecule has 1 rings (SSSR count). The van der Waals surface area contributed by atoms with Gasteiger partial charge in [0.2, 0.25) is 0 Å². The van der Waals surface area contributed by atoms with Gasteiger partial charge in [0.15, 0.2) is 0 Å². The summed E-state index contributed by atoms with van der Waals surface area (Å²) < 4.78 is 5.60. The Morgan fingerprint density at radius 2 is 1.83 bits per heavy atom. The molecule has 1 unspecified atom stereocenters. The molecule has 0 bridgehead atoms. The fourth-order valence-corrected chi connectivity index (χ4v) is 2.72. The van der Waals surface area contributed by atoms with E-state index in [0.717, 1.165) is 45.7 Å². The molecular weight excluding hydrogens is 226 g/mol. The quantitative estimate of drug-likeness (QED) is 0.689. The number of aliphatic hydroxyl groups is 1. The molecule has 108 valence electrons. The van der Waals surface area contributed by atoms with Crippen molar-refractivity contribution in [3.05, 3.63) is 0 Å². The number of unbranched alkanes of at least 4 members (excludes halogenated alkanes) is 2. The molecule has 0 aromatic heterocycles.